The number of rotatable bonds is 7. The average Bonchev–Trinajstić information content (AvgIpc) is 3.90. The van der Waals surface area contributed by atoms with E-state index in [1.807, 2.05) is 36.9 Å². The van der Waals surface area contributed by atoms with E-state index in [0.717, 1.165) is 48.6 Å². The highest BCUT2D eigenvalue weighted by atomic mass is 19.1. The molecule has 0 radical (unpaired) electrons. The number of phenols is 1. The molecular formula is C38H48FN5O4. The van der Waals surface area contributed by atoms with Gasteiger partial charge in [-0.05, 0) is 80.0 Å². The summed E-state index contributed by atoms with van der Waals surface area (Å²) >= 11 is 0. The van der Waals surface area contributed by atoms with E-state index in [4.69, 9.17) is 19.4 Å². The van der Waals surface area contributed by atoms with Crippen LogP contribution in [0.15, 0.2) is 36.5 Å². The molecule has 3 atom stereocenters. The van der Waals surface area contributed by atoms with Gasteiger partial charge in [-0.2, -0.15) is 9.97 Å². The molecule has 2 aromatic heterocycles. The molecule has 0 amide bonds. The molecule has 4 aliphatic rings. The first kappa shape index (κ1) is 32.9. The van der Waals surface area contributed by atoms with Gasteiger partial charge < -0.3 is 24.6 Å². The van der Waals surface area contributed by atoms with Crippen LogP contribution in [0.1, 0.15) is 71.3 Å². The van der Waals surface area contributed by atoms with Gasteiger partial charge in [-0.3, -0.25) is 9.88 Å². The monoisotopic (exact) mass is 657 g/mol. The van der Waals surface area contributed by atoms with Gasteiger partial charge in [0.2, 0.25) is 0 Å². The molecule has 4 fully saturated rings. The molecular weight excluding hydrogens is 609 g/mol. The molecule has 2 N–H and O–H groups in total. The third-order valence-corrected chi connectivity index (χ3v) is 10.7. The predicted octanol–water partition coefficient (Wildman–Crippen LogP) is 6.65. The molecule has 10 heteroatoms. The van der Waals surface area contributed by atoms with Gasteiger partial charge in [0, 0.05) is 42.3 Å². The zero-order valence-corrected chi connectivity index (χ0v) is 28.4. The zero-order chi connectivity index (χ0) is 33.4. The molecule has 2 aliphatic carbocycles. The Morgan fingerprint density at radius 1 is 1.08 bits per heavy atom. The summed E-state index contributed by atoms with van der Waals surface area (Å²) in [6.07, 6.45) is 9.99. The van der Waals surface area contributed by atoms with Crippen molar-refractivity contribution in [3.8, 4) is 23.0 Å². The number of phenolic OH excluding ortho intramolecular Hbond substituents is 1. The van der Waals surface area contributed by atoms with Crippen LogP contribution in [-0.4, -0.2) is 87.7 Å². The highest BCUT2D eigenvalue weighted by Crippen LogP contribution is 2.51. The van der Waals surface area contributed by atoms with Crippen LogP contribution in [-0.2, 0) is 11.2 Å². The summed E-state index contributed by atoms with van der Waals surface area (Å²) in [5.74, 6) is -0.0766. The molecule has 4 aromatic rings. The maximum atomic E-state index is 16.9. The summed E-state index contributed by atoms with van der Waals surface area (Å²) in [6.45, 7) is 9.11. The summed E-state index contributed by atoms with van der Waals surface area (Å²) in [7, 11) is 0. The highest BCUT2D eigenvalue weighted by molar-refractivity contribution is 6.01. The number of aliphatic hydroxyl groups excluding tert-OH is 1. The second-order valence-corrected chi connectivity index (χ2v) is 13.7. The number of likely N-dealkylation sites (tertiary alicyclic amines) is 1. The van der Waals surface area contributed by atoms with Gasteiger partial charge in [0.05, 0.1) is 31.3 Å². The van der Waals surface area contributed by atoms with Gasteiger partial charge in [-0.15, -0.1) is 0 Å². The number of hydrogen-bond acceptors (Lipinski definition) is 9. The summed E-state index contributed by atoms with van der Waals surface area (Å²) in [5, 5.41) is 23.3. The van der Waals surface area contributed by atoms with E-state index in [1.54, 1.807) is 18.3 Å². The molecule has 8 rings (SSSR count). The number of nitrogens with zero attached hydrogens (tertiary/aromatic N) is 5. The van der Waals surface area contributed by atoms with Crippen molar-refractivity contribution in [3.63, 3.8) is 0 Å². The zero-order valence-electron chi connectivity index (χ0n) is 28.4. The van der Waals surface area contributed by atoms with Crippen LogP contribution in [0.5, 0.6) is 11.8 Å². The van der Waals surface area contributed by atoms with Crippen molar-refractivity contribution in [1.82, 2.24) is 19.9 Å². The first-order valence-electron chi connectivity index (χ1n) is 17.9. The van der Waals surface area contributed by atoms with Gasteiger partial charge in [0.15, 0.2) is 5.82 Å². The quantitative estimate of drug-likeness (QED) is 0.226. The number of aromatic nitrogens is 3. The van der Waals surface area contributed by atoms with E-state index < -0.39 is 11.9 Å². The van der Waals surface area contributed by atoms with Gasteiger partial charge >= 0.3 is 6.01 Å². The number of benzene rings is 2. The Hall–Kier alpha value is -3.60. The Bertz CT molecular complexity index is 1780. The number of halogens is 1. The molecule has 4 heterocycles. The number of β-amino-alcohol motifs (C(OH)–C–C–N with tert-alkyl or cyclic N) is 1. The van der Waals surface area contributed by atoms with E-state index in [1.165, 1.54) is 25.7 Å². The number of pyridine rings is 1. The van der Waals surface area contributed by atoms with Crippen LogP contribution >= 0.6 is 0 Å². The molecule has 2 saturated carbocycles. The van der Waals surface area contributed by atoms with Crippen molar-refractivity contribution in [1.29, 1.82) is 0 Å². The van der Waals surface area contributed by atoms with Crippen LogP contribution < -0.4 is 9.64 Å². The molecule has 256 valence electrons. The smallest absolute Gasteiger partial charge is 0.319 e. The second-order valence-electron chi connectivity index (χ2n) is 13.7. The molecule has 2 aliphatic heterocycles. The number of fused-ring (bicyclic) bond motifs is 3. The lowest BCUT2D eigenvalue weighted by Gasteiger charge is -2.46. The van der Waals surface area contributed by atoms with Crippen LogP contribution in [0.25, 0.3) is 32.9 Å². The normalized spacial score (nSPS) is 24.6. The van der Waals surface area contributed by atoms with E-state index in [2.05, 4.69) is 16.8 Å². The van der Waals surface area contributed by atoms with Gasteiger partial charge in [-0.25, -0.2) is 4.39 Å². The minimum Gasteiger partial charge on any atom is -0.508 e. The van der Waals surface area contributed by atoms with Gasteiger partial charge in [-0.1, -0.05) is 45.4 Å². The fourth-order valence-corrected chi connectivity index (χ4v) is 8.46. The van der Waals surface area contributed by atoms with E-state index in [-0.39, 0.29) is 41.5 Å². The lowest BCUT2D eigenvalue weighted by Crippen LogP contribution is -2.52. The van der Waals surface area contributed by atoms with Gasteiger partial charge in [0.25, 0.3) is 0 Å². The van der Waals surface area contributed by atoms with Crippen LogP contribution in [0, 0.1) is 11.2 Å². The van der Waals surface area contributed by atoms with Crippen molar-refractivity contribution < 1.29 is 24.1 Å². The number of aliphatic hydroxyl groups is 1. The number of ether oxygens (including phenoxy) is 2. The SMILES string of the molecule is CC.CCc1cccc2cc(O)cc(-c3ncc4c(N5CCOCC(O)C5)nc(OCC56CCCC5N(C5CC5)CCC6)nc4c3F)c12. The van der Waals surface area contributed by atoms with Crippen molar-refractivity contribution in [2.45, 2.75) is 90.3 Å². The second kappa shape index (κ2) is 13.7. The van der Waals surface area contributed by atoms with Crippen LogP contribution in [0.4, 0.5) is 10.2 Å². The minimum atomic E-state index is -0.714. The van der Waals surface area contributed by atoms with Crippen molar-refractivity contribution in [3.05, 3.63) is 47.9 Å². The fraction of sp³-hybridized carbons (Fsp3) is 0.553. The Morgan fingerprint density at radius 2 is 1.92 bits per heavy atom. The topological polar surface area (TPSA) is 104 Å². The average molecular weight is 658 g/mol. The number of anilines is 1. The minimum absolute atomic E-state index is 0.0427. The molecule has 2 saturated heterocycles. The highest BCUT2D eigenvalue weighted by Gasteiger charge is 2.51. The van der Waals surface area contributed by atoms with E-state index in [0.29, 0.717) is 48.6 Å². The van der Waals surface area contributed by atoms with Crippen molar-refractivity contribution >= 4 is 27.5 Å². The Balaban J connectivity index is 0.00000179. The third-order valence-electron chi connectivity index (χ3n) is 10.7. The number of piperidine rings is 1. The lowest BCUT2D eigenvalue weighted by molar-refractivity contribution is -0.00466. The Labute approximate surface area is 282 Å². The first-order valence-corrected chi connectivity index (χ1v) is 17.9. The summed E-state index contributed by atoms with van der Waals surface area (Å²) in [6, 6.07) is 10.5. The summed E-state index contributed by atoms with van der Waals surface area (Å²) < 4.78 is 29.0. The lowest BCUT2D eigenvalue weighted by atomic mass is 9.75. The summed E-state index contributed by atoms with van der Waals surface area (Å²) in [5.41, 5.74) is 1.83. The molecule has 0 bridgehead atoms. The molecule has 0 spiro atoms. The van der Waals surface area contributed by atoms with E-state index in [9.17, 15) is 10.2 Å². The van der Waals surface area contributed by atoms with Crippen molar-refractivity contribution in [2.24, 2.45) is 5.41 Å². The standard InChI is InChI=1S/C36H42FN5O4.C2H6/c1-2-22-6-3-7-23-16-25(43)17-27(30(22)23)32-31(37)33-28(18-38-32)34(41-14-15-45-20-26(44)19-41)40-35(39-33)46-21-36-11-4-8-29(36)42(13-5-12-36)24-9-10-24;1-2/h3,6-7,16-18,24,26,29,43-44H,2,4-5,8-15,19-21H2,1H3;1-2H3. The number of hydrogen-bond donors (Lipinski definition) is 2. The third kappa shape index (κ3) is 6.07. The van der Waals surface area contributed by atoms with Crippen molar-refractivity contribution in [2.75, 3.05) is 44.4 Å². The number of aryl methyl sites for hydroxylation is 1. The molecule has 2 aromatic carbocycles. The van der Waals surface area contributed by atoms with Gasteiger partial charge in [0.1, 0.15) is 22.8 Å². The largest absolute Gasteiger partial charge is 0.508 e. The Morgan fingerprint density at radius 3 is 2.73 bits per heavy atom. The van der Waals surface area contributed by atoms with Crippen LogP contribution in [0.3, 0.4) is 0 Å². The van der Waals surface area contributed by atoms with Crippen LogP contribution in [0.2, 0.25) is 0 Å². The Kier molecular flexibility index (Phi) is 9.41. The maximum Gasteiger partial charge on any atom is 0.319 e. The molecule has 9 nitrogen and oxygen atoms in total. The molecule has 48 heavy (non-hydrogen) atoms. The molecule has 3 unspecified atom stereocenters. The first-order chi connectivity index (χ1) is 23.4. The summed E-state index contributed by atoms with van der Waals surface area (Å²) in [4.78, 5) is 18.9. The maximum absolute atomic E-state index is 16.9. The number of aromatic hydroxyl groups is 1. The fourth-order valence-electron chi connectivity index (χ4n) is 8.46. The van der Waals surface area contributed by atoms with E-state index >= 15 is 4.39 Å². The predicted molar refractivity (Wildman–Crippen MR) is 186 cm³/mol.